The SMILES string of the molecule is O=C(c1ccc(OCc2cccc(N3CCOC3=O)c2)cc1)C1CCC(Cn2nnc3ccc(C(F)(F)F)cc3c2=O)C1C(=O)O. The van der Waals surface area contributed by atoms with Crippen molar-refractivity contribution in [1.29, 1.82) is 0 Å². The number of Topliss-reactive ketones (excluding diaryl/α,β-unsaturated/α-hetero) is 1. The first-order valence-electron chi connectivity index (χ1n) is 14.5. The molecule has 0 spiro atoms. The monoisotopic (exact) mass is 636 g/mol. The van der Waals surface area contributed by atoms with Crippen LogP contribution in [0.25, 0.3) is 10.9 Å². The third kappa shape index (κ3) is 6.14. The van der Waals surface area contributed by atoms with E-state index >= 15 is 0 Å². The van der Waals surface area contributed by atoms with E-state index in [0.717, 1.165) is 22.4 Å². The highest BCUT2D eigenvalue weighted by Gasteiger charge is 2.45. The number of ketones is 1. The van der Waals surface area contributed by atoms with Crippen LogP contribution in [0.5, 0.6) is 5.75 Å². The summed E-state index contributed by atoms with van der Waals surface area (Å²) in [5, 5.41) is 17.5. The molecule has 1 aromatic heterocycles. The molecule has 2 heterocycles. The van der Waals surface area contributed by atoms with E-state index in [1.165, 1.54) is 4.90 Å². The molecule has 3 aromatic carbocycles. The minimum atomic E-state index is -4.66. The predicted molar refractivity (Wildman–Crippen MR) is 156 cm³/mol. The number of carbonyl (C=O) groups is 3. The van der Waals surface area contributed by atoms with Crippen LogP contribution in [0.15, 0.2) is 71.5 Å². The highest BCUT2D eigenvalue weighted by Crippen LogP contribution is 2.40. The molecule has 1 saturated heterocycles. The molecule has 11 nitrogen and oxygen atoms in total. The number of aromatic nitrogens is 3. The highest BCUT2D eigenvalue weighted by molar-refractivity contribution is 6.00. The summed E-state index contributed by atoms with van der Waals surface area (Å²) in [5.41, 5.74) is -0.0479. The lowest BCUT2D eigenvalue weighted by Gasteiger charge is -2.20. The summed E-state index contributed by atoms with van der Waals surface area (Å²) in [7, 11) is 0. The van der Waals surface area contributed by atoms with Gasteiger partial charge in [0.25, 0.3) is 5.56 Å². The molecule has 4 aromatic rings. The van der Waals surface area contributed by atoms with Gasteiger partial charge in [-0.15, -0.1) is 5.10 Å². The average molecular weight is 637 g/mol. The van der Waals surface area contributed by atoms with Crippen molar-refractivity contribution in [2.75, 3.05) is 18.1 Å². The molecular formula is C32H27F3N4O7. The number of rotatable bonds is 9. The zero-order valence-corrected chi connectivity index (χ0v) is 24.1. The van der Waals surface area contributed by atoms with Gasteiger partial charge in [0, 0.05) is 17.2 Å². The number of carboxylic acid groups (broad SMARTS) is 1. The summed E-state index contributed by atoms with van der Waals surface area (Å²) in [4.78, 5) is 52.2. The number of hydrogen-bond acceptors (Lipinski definition) is 8. The van der Waals surface area contributed by atoms with Gasteiger partial charge < -0.3 is 14.6 Å². The molecule has 6 rings (SSSR count). The molecule has 1 amide bonds. The van der Waals surface area contributed by atoms with Gasteiger partial charge in [-0.25, -0.2) is 9.48 Å². The van der Waals surface area contributed by atoms with Crippen LogP contribution >= 0.6 is 0 Å². The van der Waals surface area contributed by atoms with Gasteiger partial charge in [-0.1, -0.05) is 17.3 Å². The van der Waals surface area contributed by atoms with Gasteiger partial charge in [-0.3, -0.25) is 19.3 Å². The molecule has 1 N–H and O–H groups in total. The molecule has 3 unspecified atom stereocenters. The van der Waals surface area contributed by atoms with Crippen molar-refractivity contribution in [3.05, 3.63) is 93.8 Å². The summed E-state index contributed by atoms with van der Waals surface area (Å²) >= 11 is 0. The molecular weight excluding hydrogens is 609 g/mol. The fourth-order valence-electron chi connectivity index (χ4n) is 6.09. The number of carbonyl (C=O) groups excluding carboxylic acids is 2. The number of nitrogens with zero attached hydrogens (tertiary/aromatic N) is 4. The van der Waals surface area contributed by atoms with Gasteiger partial charge in [-0.2, -0.15) is 13.2 Å². The number of fused-ring (bicyclic) bond motifs is 1. The van der Waals surface area contributed by atoms with Crippen molar-refractivity contribution in [2.45, 2.75) is 32.2 Å². The number of ether oxygens (including phenoxy) is 2. The Bertz CT molecular complexity index is 1880. The van der Waals surface area contributed by atoms with Crippen LogP contribution in [0, 0.1) is 17.8 Å². The van der Waals surface area contributed by atoms with E-state index in [0.29, 0.717) is 36.2 Å². The van der Waals surface area contributed by atoms with Crippen LogP contribution in [0.4, 0.5) is 23.7 Å². The number of hydrogen-bond donors (Lipinski definition) is 1. The first kappa shape index (κ1) is 30.7. The Morgan fingerprint density at radius 2 is 1.80 bits per heavy atom. The van der Waals surface area contributed by atoms with E-state index in [4.69, 9.17) is 9.47 Å². The van der Waals surface area contributed by atoms with E-state index < -0.39 is 47.1 Å². The second-order valence-corrected chi connectivity index (χ2v) is 11.2. The quantitative estimate of drug-likeness (QED) is 0.253. The Morgan fingerprint density at radius 1 is 1.02 bits per heavy atom. The third-order valence-corrected chi connectivity index (χ3v) is 8.40. The Balaban J connectivity index is 1.13. The van der Waals surface area contributed by atoms with Crippen molar-refractivity contribution in [3.63, 3.8) is 0 Å². The molecule has 1 aliphatic heterocycles. The van der Waals surface area contributed by atoms with Gasteiger partial charge in [0.15, 0.2) is 5.78 Å². The van der Waals surface area contributed by atoms with Gasteiger partial charge >= 0.3 is 18.2 Å². The van der Waals surface area contributed by atoms with Crippen LogP contribution < -0.4 is 15.2 Å². The fourth-order valence-corrected chi connectivity index (χ4v) is 6.09. The highest BCUT2D eigenvalue weighted by atomic mass is 19.4. The van der Waals surface area contributed by atoms with E-state index in [9.17, 15) is 37.5 Å². The molecule has 14 heteroatoms. The van der Waals surface area contributed by atoms with Crippen LogP contribution in [-0.2, 0) is 28.9 Å². The first-order chi connectivity index (χ1) is 22.0. The van der Waals surface area contributed by atoms with Crippen molar-refractivity contribution < 1.29 is 42.1 Å². The van der Waals surface area contributed by atoms with Crippen molar-refractivity contribution in [3.8, 4) is 5.75 Å². The van der Waals surface area contributed by atoms with Crippen molar-refractivity contribution >= 4 is 34.4 Å². The van der Waals surface area contributed by atoms with Gasteiger partial charge in [0.2, 0.25) is 0 Å². The second-order valence-electron chi connectivity index (χ2n) is 11.2. The van der Waals surface area contributed by atoms with Gasteiger partial charge in [0.1, 0.15) is 24.5 Å². The Kier molecular flexibility index (Phi) is 8.19. The molecule has 1 aliphatic carbocycles. The average Bonchev–Trinajstić information content (AvgIpc) is 3.67. The maximum atomic E-state index is 13.5. The number of alkyl halides is 3. The molecule has 3 atom stereocenters. The van der Waals surface area contributed by atoms with Crippen LogP contribution in [-0.4, -0.2) is 51.1 Å². The van der Waals surface area contributed by atoms with E-state index in [1.807, 2.05) is 18.2 Å². The number of amides is 1. The largest absolute Gasteiger partial charge is 0.489 e. The fraction of sp³-hybridized carbons (Fsp3) is 0.312. The summed E-state index contributed by atoms with van der Waals surface area (Å²) in [6, 6.07) is 16.2. The molecule has 238 valence electrons. The number of benzene rings is 3. The summed E-state index contributed by atoms with van der Waals surface area (Å²) in [6.07, 6.45) is -4.54. The van der Waals surface area contributed by atoms with Crippen molar-refractivity contribution in [2.24, 2.45) is 17.8 Å². The third-order valence-electron chi connectivity index (χ3n) is 8.40. The smallest absolute Gasteiger partial charge is 0.416 e. The van der Waals surface area contributed by atoms with Crippen LogP contribution in [0.2, 0.25) is 0 Å². The molecule has 1 saturated carbocycles. The second kappa shape index (κ2) is 12.3. The Hall–Kier alpha value is -5.27. The maximum absolute atomic E-state index is 13.5. The van der Waals surface area contributed by atoms with E-state index in [1.54, 1.807) is 30.3 Å². The first-order valence-corrected chi connectivity index (χ1v) is 14.5. The molecule has 2 aliphatic rings. The predicted octanol–water partition coefficient (Wildman–Crippen LogP) is 4.96. The Morgan fingerprint density at radius 3 is 2.50 bits per heavy atom. The zero-order valence-electron chi connectivity index (χ0n) is 24.1. The molecule has 46 heavy (non-hydrogen) atoms. The normalized spacial score (nSPS) is 19.8. The van der Waals surface area contributed by atoms with E-state index in [-0.39, 0.29) is 42.7 Å². The molecule has 2 fully saturated rings. The number of cyclic esters (lactones) is 1. The number of aliphatic carboxylic acids is 1. The van der Waals surface area contributed by atoms with Crippen LogP contribution in [0.1, 0.15) is 34.3 Å². The summed E-state index contributed by atoms with van der Waals surface area (Å²) < 4.78 is 51.4. The molecule has 0 bridgehead atoms. The van der Waals surface area contributed by atoms with Crippen molar-refractivity contribution in [1.82, 2.24) is 15.0 Å². The lowest BCUT2D eigenvalue weighted by molar-refractivity contribution is -0.144. The number of carboxylic acids is 1. The maximum Gasteiger partial charge on any atom is 0.416 e. The number of anilines is 1. The van der Waals surface area contributed by atoms with E-state index in [2.05, 4.69) is 10.3 Å². The standard InChI is InChI=1S/C32H27F3N4O7/c33-32(34,35)21-7-11-26-25(15-21)29(41)39(37-36-26)16-20-6-10-24(27(20)30(42)43)28(40)19-4-8-23(9-5-19)46-17-18-2-1-3-22(14-18)38-12-13-45-31(38)44/h1-5,7-9,11,14-15,20,24,27H,6,10,12-13,16-17H2,(H,42,43). The summed E-state index contributed by atoms with van der Waals surface area (Å²) in [5.74, 6) is -3.82. The minimum Gasteiger partial charge on any atom is -0.489 e. The topological polar surface area (TPSA) is 141 Å². The Labute approximate surface area is 259 Å². The zero-order chi connectivity index (χ0) is 32.6. The summed E-state index contributed by atoms with van der Waals surface area (Å²) in [6.45, 7) is 0.772. The molecule has 0 radical (unpaired) electrons. The van der Waals surface area contributed by atoms with Gasteiger partial charge in [-0.05, 0) is 78.9 Å². The van der Waals surface area contributed by atoms with Crippen LogP contribution in [0.3, 0.4) is 0 Å². The lowest BCUT2D eigenvalue weighted by atomic mass is 9.84. The number of halogens is 3. The lowest BCUT2D eigenvalue weighted by Crippen LogP contribution is -2.34. The van der Waals surface area contributed by atoms with Gasteiger partial charge in [0.05, 0.1) is 30.0 Å². The minimum absolute atomic E-state index is 0.0156.